The molecule has 1 amide bonds. The summed E-state index contributed by atoms with van der Waals surface area (Å²) in [4.78, 5) is 12.6. The van der Waals surface area contributed by atoms with Gasteiger partial charge in [-0.25, -0.2) is 0 Å². The summed E-state index contributed by atoms with van der Waals surface area (Å²) in [6.45, 7) is 4.10. The Morgan fingerprint density at radius 3 is 0.750 bits per heavy atom. The van der Waals surface area contributed by atoms with Crippen molar-refractivity contribution in [3.8, 4) is 0 Å². The molecule has 0 saturated heterocycles. The highest BCUT2D eigenvalue weighted by Crippen LogP contribution is 2.19. The molecular weight excluding hydrogens is 791 g/mol. The molecule has 6 nitrogen and oxygen atoms in total. The van der Waals surface area contributed by atoms with E-state index in [9.17, 15) is 25.2 Å². The monoisotopic (exact) mass is 908 g/mol. The fraction of sp³-hybridized carbons (Fsp3) is 0.983. The van der Waals surface area contributed by atoms with Crippen LogP contribution in [0.2, 0.25) is 0 Å². The summed E-state index contributed by atoms with van der Waals surface area (Å²) >= 11 is 0. The summed E-state index contributed by atoms with van der Waals surface area (Å²) in [6.07, 6.45) is 61.8. The van der Waals surface area contributed by atoms with Crippen LogP contribution in [0.15, 0.2) is 0 Å². The van der Waals surface area contributed by atoms with Gasteiger partial charge in [-0.1, -0.05) is 322 Å². The topological polar surface area (TPSA) is 110 Å². The van der Waals surface area contributed by atoms with Crippen LogP contribution in [0.3, 0.4) is 0 Å². The second-order valence-corrected chi connectivity index (χ2v) is 20.7. The second-order valence-electron chi connectivity index (χ2n) is 20.7. The van der Waals surface area contributed by atoms with E-state index in [1.807, 2.05) is 0 Å². The third-order valence-corrected chi connectivity index (χ3v) is 14.3. The van der Waals surface area contributed by atoms with E-state index in [-0.39, 0.29) is 0 Å². The lowest BCUT2D eigenvalue weighted by molar-refractivity contribution is -0.132. The maximum atomic E-state index is 12.6. The maximum Gasteiger partial charge on any atom is 0.249 e. The zero-order chi connectivity index (χ0) is 46.7. The van der Waals surface area contributed by atoms with Crippen molar-refractivity contribution in [2.45, 2.75) is 359 Å². The zero-order valence-corrected chi connectivity index (χ0v) is 43.6. The van der Waals surface area contributed by atoms with Crippen molar-refractivity contribution in [3.63, 3.8) is 0 Å². The highest BCUT2D eigenvalue weighted by atomic mass is 16.3. The smallest absolute Gasteiger partial charge is 0.249 e. The lowest BCUT2D eigenvalue weighted by Gasteiger charge is -2.27. The van der Waals surface area contributed by atoms with Crippen LogP contribution in [0, 0.1) is 0 Å². The van der Waals surface area contributed by atoms with Crippen LogP contribution in [0.1, 0.15) is 335 Å². The van der Waals surface area contributed by atoms with Gasteiger partial charge in [0.2, 0.25) is 5.91 Å². The average Bonchev–Trinajstić information content (AvgIpc) is 3.30. The molecule has 4 unspecified atom stereocenters. The number of unbranched alkanes of at least 4 members (excludes halogenated alkanes) is 46. The van der Waals surface area contributed by atoms with Crippen LogP contribution in [-0.4, -0.2) is 57.3 Å². The standard InChI is InChI=1S/C58H117NO5/c1-3-5-7-9-11-13-15-17-19-21-23-25-26-27-28-29-30-32-34-36-38-40-42-44-46-48-50-52-56(62)58(64)59-54(53-60)57(63)55(61)51-49-47-45-43-41-39-37-35-33-31-24-22-20-18-16-14-12-10-8-6-4-2/h54-57,60-63H,3-53H2,1-2H3,(H,59,64). The van der Waals surface area contributed by atoms with Gasteiger partial charge >= 0.3 is 0 Å². The lowest BCUT2D eigenvalue weighted by atomic mass is 9.99. The van der Waals surface area contributed by atoms with E-state index in [1.165, 1.54) is 270 Å². The van der Waals surface area contributed by atoms with Gasteiger partial charge in [0.15, 0.2) is 0 Å². The van der Waals surface area contributed by atoms with Crippen molar-refractivity contribution < 1.29 is 25.2 Å². The molecule has 64 heavy (non-hydrogen) atoms. The highest BCUT2D eigenvalue weighted by Gasteiger charge is 2.28. The summed E-state index contributed by atoms with van der Waals surface area (Å²) < 4.78 is 0. The minimum Gasteiger partial charge on any atom is -0.394 e. The lowest BCUT2D eigenvalue weighted by Crippen LogP contribution is -2.53. The molecule has 0 aliphatic carbocycles. The Balaban J connectivity index is 3.56. The number of hydrogen-bond acceptors (Lipinski definition) is 5. The zero-order valence-electron chi connectivity index (χ0n) is 43.6. The van der Waals surface area contributed by atoms with Crippen molar-refractivity contribution in [2.75, 3.05) is 6.61 Å². The first-order valence-electron chi connectivity index (χ1n) is 29.4. The first-order valence-corrected chi connectivity index (χ1v) is 29.4. The third-order valence-electron chi connectivity index (χ3n) is 14.3. The summed E-state index contributed by atoms with van der Waals surface area (Å²) in [6, 6.07) is -0.981. The number of carbonyl (C=O) groups excluding carboxylic acids is 1. The van der Waals surface area contributed by atoms with Crippen LogP contribution in [0.25, 0.3) is 0 Å². The molecular formula is C58H117NO5. The van der Waals surface area contributed by atoms with E-state index in [2.05, 4.69) is 19.2 Å². The van der Waals surface area contributed by atoms with Crippen LogP contribution < -0.4 is 5.32 Å². The number of rotatable bonds is 55. The molecule has 0 aromatic carbocycles. The molecule has 0 heterocycles. The number of aliphatic hydroxyl groups excluding tert-OH is 4. The molecule has 0 aromatic rings. The Morgan fingerprint density at radius 1 is 0.328 bits per heavy atom. The van der Waals surface area contributed by atoms with Gasteiger partial charge in [0, 0.05) is 0 Å². The number of carbonyl (C=O) groups is 1. The van der Waals surface area contributed by atoms with E-state index in [0.29, 0.717) is 12.8 Å². The number of aliphatic hydroxyl groups is 4. The number of hydrogen-bond donors (Lipinski definition) is 5. The van der Waals surface area contributed by atoms with Crippen molar-refractivity contribution in [1.29, 1.82) is 0 Å². The Kier molecular flexibility index (Phi) is 52.7. The summed E-state index contributed by atoms with van der Waals surface area (Å²) in [7, 11) is 0. The quantitative estimate of drug-likeness (QED) is 0.0391. The summed E-state index contributed by atoms with van der Waals surface area (Å²) in [5.41, 5.74) is 0. The molecule has 0 aliphatic rings. The summed E-state index contributed by atoms with van der Waals surface area (Å²) in [5.74, 6) is -0.575. The van der Waals surface area contributed by atoms with E-state index in [0.717, 1.165) is 38.5 Å². The Morgan fingerprint density at radius 2 is 0.531 bits per heavy atom. The van der Waals surface area contributed by atoms with E-state index in [1.54, 1.807) is 0 Å². The second kappa shape index (κ2) is 53.3. The Labute approximate surface area is 400 Å². The van der Waals surface area contributed by atoms with Gasteiger partial charge < -0.3 is 25.7 Å². The molecule has 0 saturated carbocycles. The highest BCUT2D eigenvalue weighted by molar-refractivity contribution is 5.80. The third kappa shape index (κ3) is 46.4. The molecule has 0 radical (unpaired) electrons. The molecule has 0 spiro atoms. The van der Waals surface area contributed by atoms with Crippen LogP contribution in [0.5, 0.6) is 0 Å². The first kappa shape index (κ1) is 63.3. The van der Waals surface area contributed by atoms with Gasteiger partial charge in [0.1, 0.15) is 12.2 Å². The Bertz CT molecular complexity index is 887. The fourth-order valence-corrected chi connectivity index (χ4v) is 9.70. The molecule has 0 aliphatic heterocycles. The molecule has 4 atom stereocenters. The van der Waals surface area contributed by atoms with Crippen LogP contribution in [-0.2, 0) is 4.79 Å². The van der Waals surface area contributed by atoms with Gasteiger partial charge in [-0.15, -0.1) is 0 Å². The van der Waals surface area contributed by atoms with Gasteiger partial charge in [-0.2, -0.15) is 0 Å². The van der Waals surface area contributed by atoms with Crippen molar-refractivity contribution in [2.24, 2.45) is 0 Å². The van der Waals surface area contributed by atoms with Crippen molar-refractivity contribution in [3.05, 3.63) is 0 Å². The van der Waals surface area contributed by atoms with Crippen molar-refractivity contribution in [1.82, 2.24) is 5.32 Å². The predicted octanol–water partition coefficient (Wildman–Crippen LogP) is 17.1. The number of nitrogens with one attached hydrogen (secondary N) is 1. The average molecular weight is 909 g/mol. The minimum absolute atomic E-state index is 0.376. The molecule has 6 heteroatoms. The SMILES string of the molecule is CCCCCCCCCCCCCCCCCCCCCCCCCCCCCC(O)C(=O)NC(CO)C(O)C(O)CCCCCCCCCCCCCCCCCCCCCCC. The largest absolute Gasteiger partial charge is 0.394 e. The molecule has 384 valence electrons. The predicted molar refractivity (Wildman–Crippen MR) is 279 cm³/mol. The maximum absolute atomic E-state index is 12.6. The van der Waals surface area contributed by atoms with E-state index >= 15 is 0 Å². The van der Waals surface area contributed by atoms with Gasteiger partial charge in [0.25, 0.3) is 0 Å². The van der Waals surface area contributed by atoms with Gasteiger partial charge in [-0.05, 0) is 12.8 Å². The fourth-order valence-electron chi connectivity index (χ4n) is 9.70. The molecule has 0 bridgehead atoms. The van der Waals surface area contributed by atoms with Crippen LogP contribution >= 0.6 is 0 Å². The number of amides is 1. The minimum atomic E-state index is -1.25. The molecule has 0 aromatic heterocycles. The van der Waals surface area contributed by atoms with E-state index in [4.69, 9.17) is 0 Å². The van der Waals surface area contributed by atoms with E-state index < -0.39 is 36.9 Å². The molecule has 0 rings (SSSR count). The van der Waals surface area contributed by atoms with Crippen molar-refractivity contribution >= 4 is 5.91 Å². The van der Waals surface area contributed by atoms with Crippen LogP contribution in [0.4, 0.5) is 0 Å². The van der Waals surface area contributed by atoms with Gasteiger partial charge in [0.05, 0.1) is 18.8 Å². The Hall–Kier alpha value is -0.690. The molecule has 5 N–H and O–H groups in total. The normalized spacial score (nSPS) is 13.7. The molecule has 0 fully saturated rings. The van der Waals surface area contributed by atoms with Gasteiger partial charge in [-0.3, -0.25) is 4.79 Å². The first-order chi connectivity index (χ1) is 31.5. The summed E-state index contributed by atoms with van der Waals surface area (Å²) in [5, 5.41) is 44.1.